The molecule has 128 valence electrons. The van der Waals surface area contributed by atoms with Crippen molar-refractivity contribution >= 4 is 5.57 Å². The molecule has 0 bridgehead atoms. The highest BCUT2D eigenvalue weighted by molar-refractivity contribution is 5.84. The molecule has 0 spiro atoms. The first-order valence-electron chi connectivity index (χ1n) is 8.79. The Hall–Kier alpha value is -2.74. The number of hydrogen-bond donors (Lipinski definition) is 2. The maximum atomic E-state index is 9.64. The van der Waals surface area contributed by atoms with Gasteiger partial charge in [0.2, 0.25) is 0 Å². The first-order valence-corrected chi connectivity index (χ1v) is 8.79. The lowest BCUT2D eigenvalue weighted by atomic mass is 9.90. The first kappa shape index (κ1) is 17.1. The van der Waals surface area contributed by atoms with Crippen LogP contribution in [0, 0.1) is 0 Å². The molecule has 2 aromatic carbocycles. The molecule has 1 aliphatic rings. The topological polar surface area (TPSA) is 40.5 Å². The molecule has 2 N–H and O–H groups in total. The number of phenolic OH excluding ortho intramolecular Hbond substituents is 2. The Balaban J connectivity index is 2.16. The van der Waals surface area contributed by atoms with Crippen molar-refractivity contribution in [2.45, 2.75) is 32.6 Å². The van der Waals surface area contributed by atoms with Gasteiger partial charge in [-0.25, -0.2) is 0 Å². The SMILES string of the molecule is C=C1C/C1=C\C(CCCC)=C(c1ccc(O)cc1)c1ccc(O)cc1. The molecule has 0 unspecified atom stereocenters. The molecular weight excluding hydrogens is 308 g/mol. The lowest BCUT2D eigenvalue weighted by molar-refractivity contribution is 0.475. The van der Waals surface area contributed by atoms with E-state index in [1.54, 1.807) is 24.3 Å². The van der Waals surface area contributed by atoms with Gasteiger partial charge in [-0.3, -0.25) is 0 Å². The predicted molar refractivity (Wildman–Crippen MR) is 104 cm³/mol. The molecule has 1 fully saturated rings. The third-order valence-electron chi connectivity index (χ3n) is 4.51. The number of allylic oxidation sites excluding steroid dienone is 4. The van der Waals surface area contributed by atoms with Gasteiger partial charge in [-0.2, -0.15) is 0 Å². The maximum absolute atomic E-state index is 9.64. The minimum Gasteiger partial charge on any atom is -0.508 e. The molecule has 2 heteroatoms. The summed E-state index contributed by atoms with van der Waals surface area (Å²) in [6.45, 7) is 6.25. The largest absolute Gasteiger partial charge is 0.508 e. The maximum Gasteiger partial charge on any atom is 0.115 e. The molecule has 0 heterocycles. The summed E-state index contributed by atoms with van der Waals surface area (Å²) >= 11 is 0. The summed E-state index contributed by atoms with van der Waals surface area (Å²) in [5, 5.41) is 19.3. The lowest BCUT2D eigenvalue weighted by Gasteiger charge is -2.15. The van der Waals surface area contributed by atoms with Crippen molar-refractivity contribution in [3.05, 3.63) is 89.0 Å². The normalized spacial score (nSPS) is 14.6. The fraction of sp³-hybridized carbons (Fsp3) is 0.217. The van der Waals surface area contributed by atoms with Crippen LogP contribution in [0.4, 0.5) is 0 Å². The summed E-state index contributed by atoms with van der Waals surface area (Å²) in [6, 6.07) is 14.7. The number of phenols is 2. The smallest absolute Gasteiger partial charge is 0.115 e. The average molecular weight is 332 g/mol. The van der Waals surface area contributed by atoms with Gasteiger partial charge in [-0.05, 0) is 76.9 Å². The number of rotatable bonds is 6. The number of aromatic hydroxyl groups is 2. The molecular formula is C23H24O2. The fourth-order valence-electron chi connectivity index (χ4n) is 2.98. The highest BCUT2D eigenvalue weighted by Gasteiger charge is 2.20. The Bertz CT molecular complexity index is 774. The zero-order chi connectivity index (χ0) is 17.8. The zero-order valence-electron chi connectivity index (χ0n) is 14.6. The summed E-state index contributed by atoms with van der Waals surface area (Å²) in [6.07, 6.45) is 6.50. The van der Waals surface area contributed by atoms with Crippen LogP contribution < -0.4 is 0 Å². The molecule has 2 nitrogen and oxygen atoms in total. The molecule has 0 amide bonds. The molecule has 25 heavy (non-hydrogen) atoms. The summed E-state index contributed by atoms with van der Waals surface area (Å²) in [4.78, 5) is 0. The van der Waals surface area contributed by atoms with Crippen LogP contribution in [-0.4, -0.2) is 10.2 Å². The Morgan fingerprint density at radius 3 is 1.84 bits per heavy atom. The summed E-state index contributed by atoms with van der Waals surface area (Å²) in [7, 11) is 0. The van der Waals surface area contributed by atoms with E-state index in [9.17, 15) is 10.2 Å². The van der Waals surface area contributed by atoms with Gasteiger partial charge in [0.1, 0.15) is 11.5 Å². The van der Waals surface area contributed by atoms with Crippen LogP contribution in [0.25, 0.3) is 5.57 Å². The van der Waals surface area contributed by atoms with Crippen molar-refractivity contribution in [2.75, 3.05) is 0 Å². The van der Waals surface area contributed by atoms with Crippen LogP contribution in [0.3, 0.4) is 0 Å². The molecule has 0 aliphatic heterocycles. The van der Waals surface area contributed by atoms with Crippen molar-refractivity contribution in [1.29, 1.82) is 0 Å². The number of hydrogen-bond acceptors (Lipinski definition) is 2. The van der Waals surface area contributed by atoms with Gasteiger partial charge >= 0.3 is 0 Å². The van der Waals surface area contributed by atoms with Gasteiger partial charge in [0.15, 0.2) is 0 Å². The summed E-state index contributed by atoms with van der Waals surface area (Å²) < 4.78 is 0. The number of unbranched alkanes of at least 4 members (excludes halogenated alkanes) is 1. The van der Waals surface area contributed by atoms with Gasteiger partial charge < -0.3 is 10.2 Å². The Labute approximate surface area is 149 Å². The second-order valence-corrected chi connectivity index (χ2v) is 6.55. The molecule has 0 aromatic heterocycles. The van der Waals surface area contributed by atoms with E-state index in [4.69, 9.17) is 0 Å². The van der Waals surface area contributed by atoms with Crippen LogP contribution in [-0.2, 0) is 0 Å². The summed E-state index contributed by atoms with van der Waals surface area (Å²) in [5.41, 5.74) is 7.11. The van der Waals surface area contributed by atoms with Gasteiger partial charge in [-0.1, -0.05) is 50.3 Å². The highest BCUT2D eigenvalue weighted by atomic mass is 16.3. The third-order valence-corrected chi connectivity index (χ3v) is 4.51. The molecule has 1 aliphatic carbocycles. The highest BCUT2D eigenvalue weighted by Crippen LogP contribution is 2.39. The average Bonchev–Trinajstić information content (AvgIpc) is 3.31. The van der Waals surface area contributed by atoms with Crippen molar-refractivity contribution in [1.82, 2.24) is 0 Å². The second kappa shape index (κ2) is 7.43. The van der Waals surface area contributed by atoms with Crippen molar-refractivity contribution < 1.29 is 10.2 Å². The predicted octanol–water partition coefficient (Wildman–Crippen LogP) is 5.98. The fourth-order valence-corrected chi connectivity index (χ4v) is 2.98. The third kappa shape index (κ3) is 4.21. The van der Waals surface area contributed by atoms with E-state index in [0.29, 0.717) is 0 Å². The minimum absolute atomic E-state index is 0.262. The van der Waals surface area contributed by atoms with Crippen molar-refractivity contribution in [3.63, 3.8) is 0 Å². The molecule has 0 atom stereocenters. The number of benzene rings is 2. The quantitative estimate of drug-likeness (QED) is 0.683. The monoisotopic (exact) mass is 332 g/mol. The van der Waals surface area contributed by atoms with E-state index < -0.39 is 0 Å². The molecule has 2 aromatic rings. The minimum atomic E-state index is 0.262. The lowest BCUT2D eigenvalue weighted by Crippen LogP contribution is -1.94. The van der Waals surface area contributed by atoms with Crippen LogP contribution >= 0.6 is 0 Å². The van der Waals surface area contributed by atoms with E-state index in [1.165, 1.54) is 16.7 Å². The van der Waals surface area contributed by atoms with Gasteiger partial charge in [-0.15, -0.1) is 0 Å². The molecule has 0 saturated heterocycles. The molecule has 1 saturated carbocycles. The van der Waals surface area contributed by atoms with E-state index >= 15 is 0 Å². The standard InChI is InChI=1S/C23H24O2/c1-3-4-5-19(15-20-14-16(20)2)23(17-6-10-21(24)11-7-17)18-8-12-22(25)13-9-18/h6-13,15,24-25H,2-5,14H2,1H3/b20-15+. The molecule has 3 rings (SSSR count). The van der Waals surface area contributed by atoms with Crippen LogP contribution in [0.5, 0.6) is 11.5 Å². The van der Waals surface area contributed by atoms with E-state index in [1.807, 2.05) is 24.3 Å². The zero-order valence-corrected chi connectivity index (χ0v) is 14.6. The van der Waals surface area contributed by atoms with Gasteiger partial charge in [0, 0.05) is 0 Å². The van der Waals surface area contributed by atoms with Crippen molar-refractivity contribution in [3.8, 4) is 11.5 Å². The van der Waals surface area contributed by atoms with Gasteiger partial charge in [0.25, 0.3) is 0 Å². The second-order valence-electron chi connectivity index (χ2n) is 6.55. The van der Waals surface area contributed by atoms with Crippen LogP contribution in [0.15, 0.2) is 77.9 Å². The van der Waals surface area contributed by atoms with Gasteiger partial charge in [0.05, 0.1) is 0 Å². The Kier molecular flexibility index (Phi) is 5.08. The van der Waals surface area contributed by atoms with E-state index in [-0.39, 0.29) is 11.5 Å². The first-order chi connectivity index (χ1) is 12.1. The van der Waals surface area contributed by atoms with E-state index in [2.05, 4.69) is 19.6 Å². The van der Waals surface area contributed by atoms with Crippen LogP contribution in [0.2, 0.25) is 0 Å². The van der Waals surface area contributed by atoms with Crippen molar-refractivity contribution in [2.24, 2.45) is 0 Å². The van der Waals surface area contributed by atoms with E-state index in [0.717, 1.165) is 42.4 Å². The Morgan fingerprint density at radius 1 is 0.960 bits per heavy atom. The molecule has 0 radical (unpaired) electrons. The van der Waals surface area contributed by atoms with Crippen LogP contribution in [0.1, 0.15) is 43.7 Å². The summed E-state index contributed by atoms with van der Waals surface area (Å²) in [5.74, 6) is 0.524. The Morgan fingerprint density at radius 2 is 1.44 bits per heavy atom.